The summed E-state index contributed by atoms with van der Waals surface area (Å²) in [6, 6.07) is 7.92. The average Bonchev–Trinajstić information content (AvgIpc) is 2.81. The Morgan fingerprint density at radius 2 is 1.74 bits per heavy atom. The minimum Gasteiger partial charge on any atom is -0.508 e. The van der Waals surface area contributed by atoms with Crippen LogP contribution in [-0.2, 0) is 0 Å². The van der Waals surface area contributed by atoms with Gasteiger partial charge in [0.2, 0.25) is 0 Å². The van der Waals surface area contributed by atoms with Gasteiger partial charge in [0.05, 0.1) is 6.26 Å². The van der Waals surface area contributed by atoms with Gasteiger partial charge in [-0.3, -0.25) is 0 Å². The van der Waals surface area contributed by atoms with E-state index in [9.17, 15) is 9.50 Å². The van der Waals surface area contributed by atoms with Gasteiger partial charge in [0.1, 0.15) is 17.1 Å². The molecule has 0 aliphatic rings. The summed E-state index contributed by atoms with van der Waals surface area (Å²) in [6.45, 7) is 3.76. The van der Waals surface area contributed by atoms with E-state index in [1.807, 2.05) is 13.8 Å². The van der Waals surface area contributed by atoms with Gasteiger partial charge in [0, 0.05) is 10.9 Å². The first-order valence-corrected chi connectivity index (χ1v) is 6.04. The van der Waals surface area contributed by atoms with Gasteiger partial charge < -0.3 is 9.52 Å². The van der Waals surface area contributed by atoms with Crippen molar-refractivity contribution in [1.82, 2.24) is 0 Å². The van der Waals surface area contributed by atoms with E-state index in [1.165, 1.54) is 12.1 Å². The Morgan fingerprint density at radius 3 is 2.42 bits per heavy atom. The zero-order chi connectivity index (χ0) is 13.6. The molecule has 2 nitrogen and oxygen atoms in total. The second kappa shape index (κ2) is 4.12. The van der Waals surface area contributed by atoms with Crippen molar-refractivity contribution in [2.75, 3.05) is 0 Å². The first kappa shape index (κ1) is 11.8. The lowest BCUT2D eigenvalue weighted by atomic mass is 10.0. The number of aryl methyl sites for hydroxylation is 1. The zero-order valence-corrected chi connectivity index (χ0v) is 10.7. The molecule has 0 fully saturated rings. The van der Waals surface area contributed by atoms with Gasteiger partial charge >= 0.3 is 0 Å². The monoisotopic (exact) mass is 256 g/mol. The van der Waals surface area contributed by atoms with Crippen molar-refractivity contribution in [1.29, 1.82) is 0 Å². The second-order valence-electron chi connectivity index (χ2n) is 4.68. The Hall–Kier alpha value is -2.29. The fourth-order valence-corrected chi connectivity index (χ4v) is 2.26. The molecule has 96 valence electrons. The number of phenolic OH excluding ortho intramolecular Hbond substituents is 1. The Kier molecular flexibility index (Phi) is 2.56. The molecule has 0 unspecified atom stereocenters. The van der Waals surface area contributed by atoms with Crippen LogP contribution < -0.4 is 0 Å². The average molecular weight is 256 g/mol. The molecule has 0 amide bonds. The standard InChI is InChI=1S/C16H13FO2/c1-9-10(2)16-13(7-15(9)18)14(8-19-16)11-3-5-12(17)6-4-11/h3-8,18H,1-2H3. The van der Waals surface area contributed by atoms with Gasteiger partial charge in [-0.25, -0.2) is 4.39 Å². The zero-order valence-electron chi connectivity index (χ0n) is 10.7. The first-order valence-electron chi connectivity index (χ1n) is 6.04. The molecule has 0 saturated heterocycles. The van der Waals surface area contributed by atoms with Crippen LogP contribution in [-0.4, -0.2) is 5.11 Å². The van der Waals surface area contributed by atoms with Crippen molar-refractivity contribution in [2.24, 2.45) is 0 Å². The number of aromatic hydroxyl groups is 1. The van der Waals surface area contributed by atoms with E-state index in [4.69, 9.17) is 4.42 Å². The number of benzene rings is 2. The largest absolute Gasteiger partial charge is 0.508 e. The van der Waals surface area contributed by atoms with Gasteiger partial charge in [0.15, 0.2) is 0 Å². The van der Waals surface area contributed by atoms with E-state index < -0.39 is 0 Å². The summed E-state index contributed by atoms with van der Waals surface area (Å²) in [4.78, 5) is 0. The third-order valence-electron chi connectivity index (χ3n) is 3.55. The minimum absolute atomic E-state index is 0.245. The van der Waals surface area contributed by atoms with Gasteiger partial charge in [0.25, 0.3) is 0 Å². The van der Waals surface area contributed by atoms with E-state index in [0.717, 1.165) is 33.2 Å². The first-order chi connectivity index (χ1) is 9.08. The lowest BCUT2D eigenvalue weighted by Crippen LogP contribution is -1.83. The van der Waals surface area contributed by atoms with Gasteiger partial charge in [-0.05, 0) is 48.7 Å². The molecule has 3 aromatic rings. The van der Waals surface area contributed by atoms with E-state index in [2.05, 4.69) is 0 Å². The number of hydrogen-bond acceptors (Lipinski definition) is 2. The predicted octanol–water partition coefficient (Wildman–Crippen LogP) is 4.56. The van der Waals surface area contributed by atoms with Crippen LogP contribution in [0.15, 0.2) is 41.0 Å². The van der Waals surface area contributed by atoms with Crippen molar-refractivity contribution in [2.45, 2.75) is 13.8 Å². The van der Waals surface area contributed by atoms with Gasteiger partial charge in [-0.15, -0.1) is 0 Å². The van der Waals surface area contributed by atoms with Crippen LogP contribution in [0.3, 0.4) is 0 Å². The Morgan fingerprint density at radius 1 is 1.05 bits per heavy atom. The Labute approximate surface area is 110 Å². The van der Waals surface area contributed by atoms with Crippen LogP contribution in [0.2, 0.25) is 0 Å². The number of hydrogen-bond donors (Lipinski definition) is 1. The maximum atomic E-state index is 13.0. The molecule has 0 spiro atoms. The smallest absolute Gasteiger partial charge is 0.137 e. The number of rotatable bonds is 1. The Balaban J connectivity index is 2.29. The predicted molar refractivity (Wildman–Crippen MR) is 72.7 cm³/mol. The lowest BCUT2D eigenvalue weighted by Gasteiger charge is -2.05. The fourth-order valence-electron chi connectivity index (χ4n) is 2.26. The van der Waals surface area contributed by atoms with Gasteiger partial charge in [-0.1, -0.05) is 12.1 Å². The highest BCUT2D eigenvalue weighted by molar-refractivity contribution is 5.97. The van der Waals surface area contributed by atoms with Crippen molar-refractivity contribution in [3.05, 3.63) is 53.5 Å². The highest BCUT2D eigenvalue weighted by Gasteiger charge is 2.14. The summed E-state index contributed by atoms with van der Waals surface area (Å²) in [5.41, 5.74) is 4.21. The molecule has 2 aromatic carbocycles. The summed E-state index contributed by atoms with van der Waals surface area (Å²) >= 11 is 0. The SMILES string of the molecule is Cc1c(O)cc2c(-c3ccc(F)cc3)coc2c1C. The van der Waals surface area contributed by atoms with Crippen LogP contribution in [0.25, 0.3) is 22.1 Å². The molecule has 0 aliphatic carbocycles. The van der Waals surface area contributed by atoms with E-state index >= 15 is 0 Å². The molecule has 0 radical (unpaired) electrons. The van der Waals surface area contributed by atoms with E-state index in [0.29, 0.717) is 0 Å². The van der Waals surface area contributed by atoms with E-state index in [-0.39, 0.29) is 11.6 Å². The molecule has 3 rings (SSSR count). The molecule has 0 atom stereocenters. The topological polar surface area (TPSA) is 33.4 Å². The molecule has 1 heterocycles. The molecule has 1 aromatic heterocycles. The van der Waals surface area contributed by atoms with Gasteiger partial charge in [-0.2, -0.15) is 0 Å². The number of phenols is 1. The quantitative estimate of drug-likeness (QED) is 0.692. The van der Waals surface area contributed by atoms with Crippen LogP contribution in [0.5, 0.6) is 5.75 Å². The summed E-state index contributed by atoms with van der Waals surface area (Å²) in [6.07, 6.45) is 1.64. The fraction of sp³-hybridized carbons (Fsp3) is 0.125. The maximum absolute atomic E-state index is 13.0. The minimum atomic E-state index is -0.272. The normalized spacial score (nSPS) is 11.1. The second-order valence-corrected chi connectivity index (χ2v) is 4.68. The van der Waals surface area contributed by atoms with Crippen LogP contribution in [0, 0.1) is 19.7 Å². The number of fused-ring (bicyclic) bond motifs is 1. The van der Waals surface area contributed by atoms with Crippen molar-refractivity contribution < 1.29 is 13.9 Å². The molecule has 19 heavy (non-hydrogen) atoms. The summed E-state index contributed by atoms with van der Waals surface area (Å²) in [5.74, 6) is -0.0267. The van der Waals surface area contributed by atoms with Crippen LogP contribution >= 0.6 is 0 Å². The molecule has 0 aliphatic heterocycles. The number of halogens is 1. The molecule has 3 heteroatoms. The van der Waals surface area contributed by atoms with Crippen molar-refractivity contribution in [3.63, 3.8) is 0 Å². The van der Waals surface area contributed by atoms with Crippen molar-refractivity contribution >= 4 is 11.0 Å². The lowest BCUT2D eigenvalue weighted by molar-refractivity contribution is 0.471. The molecular formula is C16H13FO2. The summed E-state index contributed by atoms with van der Waals surface area (Å²) < 4.78 is 18.6. The van der Waals surface area contributed by atoms with Crippen LogP contribution in [0.4, 0.5) is 4.39 Å². The maximum Gasteiger partial charge on any atom is 0.137 e. The molecule has 0 bridgehead atoms. The summed E-state index contributed by atoms with van der Waals surface area (Å²) in [7, 11) is 0. The highest BCUT2D eigenvalue weighted by atomic mass is 19.1. The third kappa shape index (κ3) is 1.78. The Bertz CT molecular complexity index is 755. The molecule has 0 saturated carbocycles. The van der Waals surface area contributed by atoms with E-state index in [1.54, 1.807) is 24.5 Å². The number of furan rings is 1. The van der Waals surface area contributed by atoms with Crippen LogP contribution in [0.1, 0.15) is 11.1 Å². The summed E-state index contributed by atoms with van der Waals surface area (Å²) in [5, 5.41) is 10.8. The van der Waals surface area contributed by atoms with Crippen molar-refractivity contribution in [3.8, 4) is 16.9 Å². The highest BCUT2D eigenvalue weighted by Crippen LogP contribution is 2.37. The molecule has 1 N–H and O–H groups in total. The molecular weight excluding hydrogens is 243 g/mol. The third-order valence-corrected chi connectivity index (χ3v) is 3.55.